The number of aryl methyl sites for hydroxylation is 2. The molecule has 15 heavy (non-hydrogen) atoms. The van der Waals surface area contributed by atoms with Crippen LogP contribution in [0.4, 0.5) is 5.82 Å². The lowest BCUT2D eigenvalue weighted by Crippen LogP contribution is -1.97. The molecule has 0 spiro atoms. The Morgan fingerprint density at radius 1 is 1.07 bits per heavy atom. The minimum atomic E-state index is 0.478. The first-order valence-corrected chi connectivity index (χ1v) is 4.82. The zero-order chi connectivity index (χ0) is 10.8. The Balaban J connectivity index is 2.64. The Morgan fingerprint density at radius 3 is 2.53 bits per heavy atom. The summed E-state index contributed by atoms with van der Waals surface area (Å²) in [7, 11) is 0. The number of benzene rings is 1. The number of nitrogen functional groups attached to an aromatic ring is 1. The van der Waals surface area contributed by atoms with Gasteiger partial charge in [0.05, 0.1) is 0 Å². The molecule has 3 heteroatoms. The molecule has 2 aromatic rings. The molecule has 2 rings (SSSR count). The minimum absolute atomic E-state index is 0.478. The number of anilines is 1. The topological polar surface area (TPSA) is 51.8 Å². The predicted molar refractivity (Wildman–Crippen MR) is 61.4 cm³/mol. The maximum Gasteiger partial charge on any atom is 0.149 e. The summed E-state index contributed by atoms with van der Waals surface area (Å²) in [5.41, 5.74) is 9.97. The van der Waals surface area contributed by atoms with Crippen LogP contribution in [0.25, 0.3) is 11.3 Å². The van der Waals surface area contributed by atoms with Crippen molar-refractivity contribution in [1.29, 1.82) is 0 Å². The van der Waals surface area contributed by atoms with Gasteiger partial charge in [-0.2, -0.15) is 0 Å². The van der Waals surface area contributed by atoms with E-state index in [4.69, 9.17) is 5.73 Å². The molecule has 0 radical (unpaired) electrons. The van der Waals surface area contributed by atoms with Crippen LogP contribution in [0.3, 0.4) is 0 Å². The van der Waals surface area contributed by atoms with Gasteiger partial charge in [-0.25, -0.2) is 4.98 Å². The van der Waals surface area contributed by atoms with E-state index in [1.165, 1.54) is 5.56 Å². The number of aromatic nitrogens is 2. The van der Waals surface area contributed by atoms with Gasteiger partial charge in [0.15, 0.2) is 0 Å². The summed E-state index contributed by atoms with van der Waals surface area (Å²) in [5, 5.41) is 0. The molecule has 2 N–H and O–H groups in total. The normalized spacial score (nSPS) is 10.3. The van der Waals surface area contributed by atoms with Gasteiger partial charge in [0, 0.05) is 18.0 Å². The fourth-order valence-electron chi connectivity index (χ4n) is 1.55. The van der Waals surface area contributed by atoms with Crippen LogP contribution in [0.1, 0.15) is 11.1 Å². The van der Waals surface area contributed by atoms with Crippen molar-refractivity contribution in [1.82, 2.24) is 9.97 Å². The SMILES string of the molecule is Cc1ccc(C)c(-c2nccnc2N)c1. The molecule has 0 saturated carbocycles. The largest absolute Gasteiger partial charge is 0.382 e. The maximum absolute atomic E-state index is 5.80. The molecule has 1 heterocycles. The second-order valence-corrected chi connectivity index (χ2v) is 3.61. The Morgan fingerprint density at radius 2 is 1.80 bits per heavy atom. The zero-order valence-corrected chi connectivity index (χ0v) is 8.86. The summed E-state index contributed by atoms with van der Waals surface area (Å²) < 4.78 is 0. The highest BCUT2D eigenvalue weighted by Gasteiger charge is 2.07. The monoisotopic (exact) mass is 199 g/mol. The molecule has 0 aliphatic heterocycles. The number of nitrogens with two attached hydrogens (primary N) is 1. The molecule has 0 unspecified atom stereocenters. The Labute approximate surface area is 89.0 Å². The first-order valence-electron chi connectivity index (χ1n) is 4.82. The van der Waals surface area contributed by atoms with Gasteiger partial charge in [-0.1, -0.05) is 17.7 Å². The molecule has 0 fully saturated rings. The van der Waals surface area contributed by atoms with Gasteiger partial charge in [-0.15, -0.1) is 0 Å². The third-order valence-electron chi connectivity index (χ3n) is 2.37. The number of nitrogens with zero attached hydrogens (tertiary/aromatic N) is 2. The van der Waals surface area contributed by atoms with Crippen molar-refractivity contribution >= 4 is 5.82 Å². The van der Waals surface area contributed by atoms with Crippen molar-refractivity contribution in [3.63, 3.8) is 0 Å². The van der Waals surface area contributed by atoms with Gasteiger partial charge >= 0.3 is 0 Å². The van der Waals surface area contributed by atoms with E-state index in [1.54, 1.807) is 12.4 Å². The third kappa shape index (κ3) is 1.81. The van der Waals surface area contributed by atoms with E-state index in [1.807, 2.05) is 6.92 Å². The smallest absolute Gasteiger partial charge is 0.149 e. The first kappa shape index (κ1) is 9.65. The lowest BCUT2D eigenvalue weighted by molar-refractivity contribution is 1.20. The van der Waals surface area contributed by atoms with Crippen LogP contribution in [0.15, 0.2) is 30.6 Å². The Bertz CT molecular complexity index is 492. The van der Waals surface area contributed by atoms with E-state index in [0.717, 1.165) is 16.8 Å². The van der Waals surface area contributed by atoms with Crippen LogP contribution in [0.5, 0.6) is 0 Å². The molecular formula is C12H13N3. The average molecular weight is 199 g/mol. The summed E-state index contributed by atoms with van der Waals surface area (Å²) in [6.45, 7) is 4.10. The second-order valence-electron chi connectivity index (χ2n) is 3.61. The van der Waals surface area contributed by atoms with Gasteiger partial charge in [0.1, 0.15) is 11.5 Å². The lowest BCUT2D eigenvalue weighted by atomic mass is 10.0. The van der Waals surface area contributed by atoms with Gasteiger partial charge in [-0.3, -0.25) is 4.98 Å². The first-order chi connectivity index (χ1) is 7.18. The molecule has 0 bridgehead atoms. The molecule has 76 valence electrons. The zero-order valence-electron chi connectivity index (χ0n) is 8.86. The number of hydrogen-bond acceptors (Lipinski definition) is 3. The van der Waals surface area contributed by atoms with Crippen molar-refractivity contribution in [2.75, 3.05) is 5.73 Å². The highest BCUT2D eigenvalue weighted by molar-refractivity contribution is 5.72. The molecular weight excluding hydrogens is 186 g/mol. The van der Waals surface area contributed by atoms with Crippen LogP contribution >= 0.6 is 0 Å². The highest BCUT2D eigenvalue weighted by Crippen LogP contribution is 2.25. The van der Waals surface area contributed by atoms with E-state index in [9.17, 15) is 0 Å². The standard InChI is InChI=1S/C12H13N3/c1-8-3-4-9(2)10(7-8)11-12(13)15-6-5-14-11/h3-7H,1-2H3,(H2,13,15). The highest BCUT2D eigenvalue weighted by atomic mass is 14.9. The van der Waals surface area contributed by atoms with Crippen LogP contribution < -0.4 is 5.73 Å². The Kier molecular flexibility index (Phi) is 2.37. The van der Waals surface area contributed by atoms with Crippen LogP contribution in [-0.2, 0) is 0 Å². The van der Waals surface area contributed by atoms with E-state index in [2.05, 4.69) is 35.1 Å². The van der Waals surface area contributed by atoms with Crippen LogP contribution in [-0.4, -0.2) is 9.97 Å². The molecule has 0 aliphatic carbocycles. The second kappa shape index (κ2) is 3.69. The predicted octanol–water partition coefficient (Wildman–Crippen LogP) is 2.34. The summed E-state index contributed by atoms with van der Waals surface area (Å²) in [6, 6.07) is 6.22. The summed E-state index contributed by atoms with van der Waals surface area (Å²) >= 11 is 0. The lowest BCUT2D eigenvalue weighted by Gasteiger charge is -2.07. The van der Waals surface area contributed by atoms with E-state index in [0.29, 0.717) is 5.82 Å². The van der Waals surface area contributed by atoms with Crippen molar-refractivity contribution in [2.45, 2.75) is 13.8 Å². The third-order valence-corrected chi connectivity index (χ3v) is 2.37. The summed E-state index contributed by atoms with van der Waals surface area (Å²) in [4.78, 5) is 8.30. The molecule has 0 amide bonds. The maximum atomic E-state index is 5.80. The van der Waals surface area contributed by atoms with E-state index in [-0.39, 0.29) is 0 Å². The minimum Gasteiger partial charge on any atom is -0.382 e. The van der Waals surface area contributed by atoms with Crippen molar-refractivity contribution in [3.8, 4) is 11.3 Å². The van der Waals surface area contributed by atoms with Crippen LogP contribution in [0, 0.1) is 13.8 Å². The number of rotatable bonds is 1. The molecule has 3 nitrogen and oxygen atoms in total. The summed E-state index contributed by atoms with van der Waals surface area (Å²) in [5.74, 6) is 0.478. The fourth-order valence-corrected chi connectivity index (χ4v) is 1.55. The summed E-state index contributed by atoms with van der Waals surface area (Å²) in [6.07, 6.45) is 3.26. The van der Waals surface area contributed by atoms with Crippen molar-refractivity contribution < 1.29 is 0 Å². The fraction of sp³-hybridized carbons (Fsp3) is 0.167. The van der Waals surface area contributed by atoms with Crippen molar-refractivity contribution in [3.05, 3.63) is 41.7 Å². The van der Waals surface area contributed by atoms with E-state index < -0.39 is 0 Å². The molecule has 1 aromatic heterocycles. The van der Waals surface area contributed by atoms with Gasteiger partial charge in [0.2, 0.25) is 0 Å². The van der Waals surface area contributed by atoms with Crippen LogP contribution in [0.2, 0.25) is 0 Å². The van der Waals surface area contributed by atoms with Crippen molar-refractivity contribution in [2.24, 2.45) is 0 Å². The quantitative estimate of drug-likeness (QED) is 0.767. The average Bonchev–Trinajstić information content (AvgIpc) is 2.23. The van der Waals surface area contributed by atoms with Gasteiger partial charge in [0.25, 0.3) is 0 Å². The molecule has 1 aromatic carbocycles. The van der Waals surface area contributed by atoms with E-state index >= 15 is 0 Å². The molecule has 0 atom stereocenters. The molecule has 0 saturated heterocycles. The Hall–Kier alpha value is -1.90. The number of hydrogen-bond donors (Lipinski definition) is 1. The van der Waals surface area contributed by atoms with Gasteiger partial charge < -0.3 is 5.73 Å². The van der Waals surface area contributed by atoms with Gasteiger partial charge in [-0.05, 0) is 25.5 Å². The molecule has 0 aliphatic rings.